The molecule has 0 aliphatic heterocycles. The van der Waals surface area contributed by atoms with Gasteiger partial charge < -0.3 is 9.84 Å². The van der Waals surface area contributed by atoms with Gasteiger partial charge in [0.25, 0.3) is 0 Å². The van der Waals surface area contributed by atoms with E-state index in [1.807, 2.05) is 0 Å². The fourth-order valence-corrected chi connectivity index (χ4v) is 0.716. The van der Waals surface area contributed by atoms with Gasteiger partial charge in [0.2, 0.25) is 0 Å². The van der Waals surface area contributed by atoms with E-state index < -0.39 is 37.3 Å². The van der Waals surface area contributed by atoms with E-state index in [2.05, 4.69) is 4.74 Å². The first kappa shape index (κ1) is 15.0. The Labute approximate surface area is 87.4 Å². The lowest BCUT2D eigenvalue weighted by Gasteiger charge is -2.22. The molecule has 0 saturated carbocycles. The summed E-state index contributed by atoms with van der Waals surface area (Å²) in [6.07, 6.45) is -5.71. The summed E-state index contributed by atoms with van der Waals surface area (Å²) in [6, 6.07) is -1.61. The summed E-state index contributed by atoms with van der Waals surface area (Å²) < 4.78 is 63.9. The molecule has 0 fully saturated rings. The molecule has 0 bridgehead atoms. The summed E-state index contributed by atoms with van der Waals surface area (Å²) in [5.74, 6) is -6.10. The molecule has 0 rings (SSSR count). The summed E-state index contributed by atoms with van der Waals surface area (Å²) in [6.45, 7) is -2.75. The van der Waals surface area contributed by atoms with Crippen molar-refractivity contribution in [2.75, 3.05) is 20.3 Å². The average molecular weight is 251 g/mol. The van der Waals surface area contributed by atoms with Crippen LogP contribution in [0.2, 0.25) is 0 Å². The maximum atomic E-state index is 12.4. The second-order valence-electron chi connectivity index (χ2n) is 2.84. The molecule has 0 aliphatic carbocycles. The van der Waals surface area contributed by atoms with Gasteiger partial charge in [-0.15, -0.1) is 0 Å². The van der Waals surface area contributed by atoms with Gasteiger partial charge in [-0.2, -0.15) is 22.0 Å². The zero-order chi connectivity index (χ0) is 13.0. The minimum absolute atomic E-state index is 0.911. The van der Waals surface area contributed by atoms with Crippen LogP contribution in [-0.2, 0) is 9.53 Å². The van der Waals surface area contributed by atoms with E-state index in [0.29, 0.717) is 0 Å². The number of rotatable bonds is 5. The van der Waals surface area contributed by atoms with Crippen LogP contribution in [0.15, 0.2) is 0 Å². The van der Waals surface area contributed by atoms with E-state index in [-0.39, 0.29) is 0 Å². The second kappa shape index (κ2) is 5.39. The first-order valence-corrected chi connectivity index (χ1v) is 4.02. The largest absolute Gasteiger partial charge is 0.468 e. The Hall–Kier alpha value is -0.960. The van der Waals surface area contributed by atoms with E-state index in [1.54, 1.807) is 5.32 Å². The van der Waals surface area contributed by atoms with Gasteiger partial charge in [0, 0.05) is 0 Å². The normalized spacial score (nSPS) is 14.7. The molecule has 0 spiro atoms. The number of aliphatic hydroxyl groups is 1. The van der Waals surface area contributed by atoms with Crippen molar-refractivity contribution in [3.63, 3.8) is 0 Å². The van der Waals surface area contributed by atoms with Crippen LogP contribution < -0.4 is 5.32 Å². The first-order valence-electron chi connectivity index (χ1n) is 4.02. The highest BCUT2D eigenvalue weighted by Gasteiger charge is 2.57. The molecule has 0 heterocycles. The third kappa shape index (κ3) is 3.89. The lowest BCUT2D eigenvalue weighted by atomic mass is 10.2. The van der Waals surface area contributed by atoms with E-state index in [4.69, 9.17) is 5.11 Å². The molecule has 0 aliphatic rings. The van der Waals surface area contributed by atoms with Crippen molar-refractivity contribution in [1.29, 1.82) is 0 Å². The number of aliphatic hydroxyl groups excluding tert-OH is 1. The first-order chi connectivity index (χ1) is 7.15. The summed E-state index contributed by atoms with van der Waals surface area (Å²) in [5.41, 5.74) is 0. The predicted molar refractivity (Wildman–Crippen MR) is 41.9 cm³/mol. The molecule has 2 N–H and O–H groups in total. The number of alkyl halides is 5. The highest BCUT2D eigenvalue weighted by molar-refractivity contribution is 5.75. The quantitative estimate of drug-likeness (QED) is 0.545. The van der Waals surface area contributed by atoms with Gasteiger partial charge in [-0.05, 0) is 0 Å². The fraction of sp³-hybridized carbons (Fsp3) is 0.857. The van der Waals surface area contributed by atoms with Crippen LogP contribution in [0, 0.1) is 0 Å². The number of nitrogens with one attached hydrogen (secondary N) is 1. The van der Waals surface area contributed by atoms with Crippen LogP contribution in [-0.4, -0.2) is 49.5 Å². The molecule has 0 aromatic rings. The average Bonchev–Trinajstić information content (AvgIpc) is 2.16. The summed E-state index contributed by atoms with van der Waals surface area (Å²) >= 11 is 0. The number of ether oxygens (including phenoxy) is 1. The Balaban J connectivity index is 4.37. The van der Waals surface area contributed by atoms with Crippen LogP contribution in [0.25, 0.3) is 0 Å². The second-order valence-corrected chi connectivity index (χ2v) is 2.84. The van der Waals surface area contributed by atoms with Crippen molar-refractivity contribution in [2.24, 2.45) is 0 Å². The highest BCUT2D eigenvalue weighted by Crippen LogP contribution is 2.34. The van der Waals surface area contributed by atoms with Crippen LogP contribution in [0.4, 0.5) is 22.0 Å². The minimum Gasteiger partial charge on any atom is -0.468 e. The Bertz CT molecular complexity index is 243. The van der Waals surface area contributed by atoms with Crippen molar-refractivity contribution in [1.82, 2.24) is 5.32 Å². The summed E-state index contributed by atoms with van der Waals surface area (Å²) in [4.78, 5) is 10.7. The van der Waals surface area contributed by atoms with Crippen LogP contribution in [0.3, 0.4) is 0 Å². The van der Waals surface area contributed by atoms with Gasteiger partial charge in [-0.3, -0.25) is 10.1 Å². The summed E-state index contributed by atoms with van der Waals surface area (Å²) in [7, 11) is 0.911. The molecule has 0 unspecified atom stereocenters. The van der Waals surface area contributed by atoms with E-state index in [9.17, 15) is 26.7 Å². The Morgan fingerprint density at radius 1 is 1.38 bits per heavy atom. The minimum atomic E-state index is -5.71. The molecule has 96 valence electrons. The zero-order valence-corrected chi connectivity index (χ0v) is 8.15. The van der Waals surface area contributed by atoms with E-state index in [0.717, 1.165) is 7.11 Å². The number of hydrogen-bond acceptors (Lipinski definition) is 4. The highest BCUT2D eigenvalue weighted by atomic mass is 19.4. The number of carbonyl (C=O) groups is 1. The van der Waals surface area contributed by atoms with Crippen molar-refractivity contribution in [3.8, 4) is 0 Å². The number of carbonyl (C=O) groups excluding carboxylic acids is 1. The fourth-order valence-electron chi connectivity index (χ4n) is 0.716. The smallest absolute Gasteiger partial charge is 0.454 e. The van der Waals surface area contributed by atoms with Gasteiger partial charge in [-0.1, -0.05) is 0 Å². The Morgan fingerprint density at radius 2 is 1.88 bits per heavy atom. The van der Waals surface area contributed by atoms with Gasteiger partial charge >= 0.3 is 18.1 Å². The standard InChI is InChI=1S/C7H10F5NO3/c1-16-5(15)4(2-14)13-3-6(8,9)7(10,11)12/h4,13-14H,2-3H2,1H3/t4-/m0/s1. The van der Waals surface area contributed by atoms with Crippen LogP contribution in [0.1, 0.15) is 0 Å². The lowest BCUT2D eigenvalue weighted by molar-refractivity contribution is -0.279. The van der Waals surface area contributed by atoms with Crippen molar-refractivity contribution in [3.05, 3.63) is 0 Å². The monoisotopic (exact) mass is 251 g/mol. The molecule has 0 radical (unpaired) electrons. The number of hydrogen-bond donors (Lipinski definition) is 2. The molecule has 1 atom stereocenters. The van der Waals surface area contributed by atoms with E-state index >= 15 is 0 Å². The van der Waals surface area contributed by atoms with Crippen LogP contribution in [0.5, 0.6) is 0 Å². The maximum absolute atomic E-state index is 12.4. The number of esters is 1. The SMILES string of the molecule is COC(=O)[C@H](CO)NCC(F)(F)C(F)(F)F. The molecule has 4 nitrogen and oxygen atoms in total. The van der Waals surface area contributed by atoms with E-state index in [1.165, 1.54) is 0 Å². The van der Waals surface area contributed by atoms with Crippen LogP contribution >= 0.6 is 0 Å². The summed E-state index contributed by atoms with van der Waals surface area (Å²) in [5, 5.41) is 10.1. The van der Waals surface area contributed by atoms with Crippen molar-refractivity contribution >= 4 is 5.97 Å². The lowest BCUT2D eigenvalue weighted by Crippen LogP contribution is -2.51. The van der Waals surface area contributed by atoms with Gasteiger partial charge in [-0.25, -0.2) is 0 Å². The van der Waals surface area contributed by atoms with Crippen molar-refractivity contribution in [2.45, 2.75) is 18.1 Å². The maximum Gasteiger partial charge on any atom is 0.454 e. The van der Waals surface area contributed by atoms with Gasteiger partial charge in [0.05, 0.1) is 20.3 Å². The zero-order valence-electron chi connectivity index (χ0n) is 8.15. The number of halogens is 5. The molecule has 0 aromatic carbocycles. The third-order valence-corrected chi connectivity index (χ3v) is 1.65. The Kier molecular flexibility index (Phi) is 5.07. The molecule has 0 saturated heterocycles. The third-order valence-electron chi connectivity index (χ3n) is 1.65. The van der Waals surface area contributed by atoms with Gasteiger partial charge in [0.15, 0.2) is 0 Å². The molecule has 9 heteroatoms. The Morgan fingerprint density at radius 3 is 2.19 bits per heavy atom. The molecular weight excluding hydrogens is 241 g/mol. The molecular formula is C7H10F5NO3. The molecule has 0 amide bonds. The van der Waals surface area contributed by atoms with Crippen molar-refractivity contribution < 1.29 is 36.6 Å². The number of methoxy groups -OCH3 is 1. The molecule has 16 heavy (non-hydrogen) atoms. The predicted octanol–water partition coefficient (Wildman–Crippen LogP) is 0.307. The molecule has 0 aromatic heterocycles. The van der Waals surface area contributed by atoms with Gasteiger partial charge in [0.1, 0.15) is 6.04 Å². The topological polar surface area (TPSA) is 58.6 Å².